The van der Waals surface area contributed by atoms with Gasteiger partial charge < -0.3 is 19.5 Å². The molecule has 0 heterocycles. The SMILES string of the molecule is COc1ccc(OC)c(NC(=O)COC(=O)c2ccccc2Sc2ccccc2C#N)c1. The topological polar surface area (TPSA) is 97.7 Å². The fraction of sp³-hybridized carbons (Fsp3) is 0.125. The first-order valence-electron chi connectivity index (χ1n) is 9.50. The molecule has 8 heteroatoms. The monoisotopic (exact) mass is 448 g/mol. The van der Waals surface area contributed by atoms with Crippen LogP contribution in [0.4, 0.5) is 5.69 Å². The molecule has 0 radical (unpaired) electrons. The number of esters is 1. The number of hydrogen-bond donors (Lipinski definition) is 1. The van der Waals surface area contributed by atoms with Crippen LogP contribution in [0.2, 0.25) is 0 Å². The van der Waals surface area contributed by atoms with E-state index >= 15 is 0 Å². The molecule has 0 spiro atoms. The smallest absolute Gasteiger partial charge is 0.339 e. The first-order valence-corrected chi connectivity index (χ1v) is 10.3. The standard InChI is InChI=1S/C24H20N2O5S/c1-29-17-11-12-20(30-2)19(13-17)26-23(27)15-31-24(28)18-8-4-6-10-22(18)32-21-9-5-3-7-16(21)14-25/h3-13H,15H2,1-2H3,(H,26,27). The van der Waals surface area contributed by atoms with Crippen LogP contribution in [0.3, 0.4) is 0 Å². The third-order valence-electron chi connectivity index (χ3n) is 4.35. The summed E-state index contributed by atoms with van der Waals surface area (Å²) in [6.07, 6.45) is 0. The third-order valence-corrected chi connectivity index (χ3v) is 5.50. The van der Waals surface area contributed by atoms with Crippen LogP contribution in [0, 0.1) is 11.3 Å². The molecule has 162 valence electrons. The average molecular weight is 449 g/mol. The van der Waals surface area contributed by atoms with Gasteiger partial charge in [0, 0.05) is 15.9 Å². The van der Waals surface area contributed by atoms with E-state index in [-0.39, 0.29) is 0 Å². The number of rotatable bonds is 8. The number of carbonyl (C=O) groups is 2. The van der Waals surface area contributed by atoms with Crippen LogP contribution in [0.5, 0.6) is 11.5 Å². The maximum atomic E-state index is 12.7. The number of anilines is 1. The Morgan fingerprint density at radius 1 is 0.969 bits per heavy atom. The predicted molar refractivity (Wildman–Crippen MR) is 120 cm³/mol. The second-order valence-electron chi connectivity index (χ2n) is 6.40. The van der Waals surface area contributed by atoms with Gasteiger partial charge >= 0.3 is 5.97 Å². The molecular formula is C24H20N2O5S. The summed E-state index contributed by atoms with van der Waals surface area (Å²) in [5, 5.41) is 11.9. The lowest BCUT2D eigenvalue weighted by molar-refractivity contribution is -0.119. The highest BCUT2D eigenvalue weighted by Gasteiger charge is 2.17. The van der Waals surface area contributed by atoms with E-state index in [0.717, 1.165) is 4.90 Å². The second kappa shape index (κ2) is 10.9. The predicted octanol–water partition coefficient (Wildman–Crippen LogP) is 4.52. The van der Waals surface area contributed by atoms with Crippen LogP contribution in [-0.2, 0) is 9.53 Å². The van der Waals surface area contributed by atoms with Gasteiger partial charge in [-0.3, -0.25) is 4.79 Å². The lowest BCUT2D eigenvalue weighted by Crippen LogP contribution is -2.21. The van der Waals surface area contributed by atoms with Gasteiger partial charge in [0.05, 0.1) is 31.0 Å². The van der Waals surface area contributed by atoms with E-state index in [2.05, 4.69) is 11.4 Å². The van der Waals surface area contributed by atoms with E-state index in [9.17, 15) is 14.9 Å². The third kappa shape index (κ3) is 5.59. The van der Waals surface area contributed by atoms with E-state index in [4.69, 9.17) is 14.2 Å². The number of amides is 1. The van der Waals surface area contributed by atoms with Crippen molar-refractivity contribution in [1.29, 1.82) is 5.26 Å². The Morgan fingerprint density at radius 2 is 1.69 bits per heavy atom. The summed E-state index contributed by atoms with van der Waals surface area (Å²) < 4.78 is 15.6. The fourth-order valence-corrected chi connectivity index (χ4v) is 3.81. The van der Waals surface area contributed by atoms with Gasteiger partial charge in [-0.05, 0) is 36.4 Å². The van der Waals surface area contributed by atoms with Gasteiger partial charge in [0.2, 0.25) is 0 Å². The molecule has 0 bridgehead atoms. The Balaban J connectivity index is 1.68. The zero-order valence-corrected chi connectivity index (χ0v) is 18.3. The summed E-state index contributed by atoms with van der Waals surface area (Å²) >= 11 is 1.29. The zero-order chi connectivity index (χ0) is 22.9. The van der Waals surface area contributed by atoms with E-state index in [1.807, 2.05) is 6.07 Å². The summed E-state index contributed by atoms with van der Waals surface area (Å²) in [5.74, 6) is -0.176. The number of nitrogens with one attached hydrogen (secondary N) is 1. The van der Waals surface area contributed by atoms with E-state index in [1.54, 1.807) is 60.7 Å². The molecule has 3 aromatic carbocycles. The Morgan fingerprint density at radius 3 is 2.41 bits per heavy atom. The first-order chi connectivity index (χ1) is 15.5. The van der Waals surface area contributed by atoms with Crippen molar-refractivity contribution in [2.75, 3.05) is 26.1 Å². The van der Waals surface area contributed by atoms with Crippen LogP contribution < -0.4 is 14.8 Å². The van der Waals surface area contributed by atoms with Gasteiger partial charge in [0.1, 0.15) is 17.6 Å². The molecule has 3 aromatic rings. The molecule has 0 aliphatic heterocycles. The van der Waals surface area contributed by atoms with Crippen molar-refractivity contribution < 1.29 is 23.8 Å². The van der Waals surface area contributed by atoms with Crippen LogP contribution in [0.25, 0.3) is 0 Å². The van der Waals surface area contributed by atoms with Crippen molar-refractivity contribution in [3.05, 3.63) is 77.9 Å². The molecule has 1 N–H and O–H groups in total. The zero-order valence-electron chi connectivity index (χ0n) is 17.5. The maximum absolute atomic E-state index is 12.7. The van der Waals surface area contributed by atoms with Crippen molar-refractivity contribution in [1.82, 2.24) is 0 Å². The van der Waals surface area contributed by atoms with Crippen LogP contribution >= 0.6 is 11.8 Å². The molecule has 0 atom stereocenters. The maximum Gasteiger partial charge on any atom is 0.339 e. The second-order valence-corrected chi connectivity index (χ2v) is 7.48. The Hall–Kier alpha value is -3.96. The van der Waals surface area contributed by atoms with Gasteiger partial charge in [0.15, 0.2) is 6.61 Å². The van der Waals surface area contributed by atoms with E-state index < -0.39 is 18.5 Å². The minimum atomic E-state index is -0.643. The Bertz CT molecular complexity index is 1170. The molecule has 7 nitrogen and oxygen atoms in total. The van der Waals surface area contributed by atoms with Crippen LogP contribution in [0.15, 0.2) is 76.5 Å². The number of ether oxygens (including phenoxy) is 3. The highest BCUT2D eigenvalue weighted by Crippen LogP contribution is 2.33. The molecule has 0 fully saturated rings. The van der Waals surface area contributed by atoms with Gasteiger partial charge in [-0.1, -0.05) is 36.0 Å². The molecular weight excluding hydrogens is 428 g/mol. The lowest BCUT2D eigenvalue weighted by Gasteiger charge is -2.12. The average Bonchev–Trinajstić information content (AvgIpc) is 2.83. The van der Waals surface area contributed by atoms with E-state index in [1.165, 1.54) is 26.0 Å². The highest BCUT2D eigenvalue weighted by molar-refractivity contribution is 7.99. The molecule has 1 amide bonds. The number of nitrogens with zero attached hydrogens (tertiary/aromatic N) is 1. The Kier molecular flexibility index (Phi) is 7.73. The van der Waals surface area contributed by atoms with Crippen molar-refractivity contribution in [2.24, 2.45) is 0 Å². The van der Waals surface area contributed by atoms with Crippen molar-refractivity contribution >= 4 is 29.3 Å². The quantitative estimate of drug-likeness (QED) is 0.506. The molecule has 0 saturated heterocycles. The van der Waals surface area contributed by atoms with Crippen molar-refractivity contribution in [2.45, 2.75) is 9.79 Å². The minimum absolute atomic E-state index is 0.303. The number of carbonyl (C=O) groups excluding carboxylic acids is 2. The normalized spacial score (nSPS) is 10.0. The molecule has 0 aliphatic rings. The van der Waals surface area contributed by atoms with Crippen LogP contribution in [-0.4, -0.2) is 32.7 Å². The minimum Gasteiger partial charge on any atom is -0.497 e. The summed E-state index contributed by atoms with van der Waals surface area (Å²) in [6, 6.07) is 21.1. The molecule has 0 saturated carbocycles. The molecule has 0 unspecified atom stereocenters. The highest BCUT2D eigenvalue weighted by atomic mass is 32.2. The largest absolute Gasteiger partial charge is 0.497 e. The Labute approximate surface area is 189 Å². The van der Waals surface area contributed by atoms with Crippen molar-refractivity contribution in [3.8, 4) is 17.6 Å². The molecule has 0 aromatic heterocycles. The van der Waals surface area contributed by atoms with Gasteiger partial charge in [-0.2, -0.15) is 5.26 Å². The lowest BCUT2D eigenvalue weighted by atomic mass is 10.2. The van der Waals surface area contributed by atoms with Gasteiger partial charge in [0.25, 0.3) is 5.91 Å². The fourth-order valence-electron chi connectivity index (χ4n) is 2.80. The summed E-state index contributed by atoms with van der Waals surface area (Å²) in [6.45, 7) is -0.479. The summed E-state index contributed by atoms with van der Waals surface area (Å²) in [7, 11) is 3.00. The van der Waals surface area contributed by atoms with Crippen LogP contribution in [0.1, 0.15) is 15.9 Å². The summed E-state index contributed by atoms with van der Waals surface area (Å²) in [5.41, 5.74) is 1.21. The van der Waals surface area contributed by atoms with E-state index in [0.29, 0.717) is 33.2 Å². The number of hydrogen-bond acceptors (Lipinski definition) is 7. The first kappa shape index (κ1) is 22.7. The molecule has 0 aliphatic carbocycles. The van der Waals surface area contributed by atoms with Gasteiger partial charge in [-0.15, -0.1) is 0 Å². The number of benzene rings is 3. The number of methoxy groups -OCH3 is 2. The summed E-state index contributed by atoms with van der Waals surface area (Å²) in [4.78, 5) is 26.4. The van der Waals surface area contributed by atoms with Gasteiger partial charge in [-0.25, -0.2) is 4.79 Å². The molecule has 3 rings (SSSR count). The van der Waals surface area contributed by atoms with Crippen molar-refractivity contribution in [3.63, 3.8) is 0 Å². The molecule has 32 heavy (non-hydrogen) atoms. The number of nitriles is 1.